The molecule has 0 spiro atoms. The number of hydrogen-bond donors (Lipinski definition) is 1. The summed E-state index contributed by atoms with van der Waals surface area (Å²) in [5.74, 6) is 0. The van der Waals surface area contributed by atoms with Crippen molar-refractivity contribution in [2.45, 2.75) is 6.42 Å². The van der Waals surface area contributed by atoms with Crippen molar-refractivity contribution < 1.29 is 0 Å². The molecule has 92 valence electrons. The predicted octanol–water partition coefficient (Wildman–Crippen LogP) is 3.75. The third-order valence-corrected chi connectivity index (χ3v) is 3.98. The van der Waals surface area contributed by atoms with Gasteiger partial charge in [0.05, 0.1) is 5.69 Å². The van der Waals surface area contributed by atoms with E-state index in [0.717, 1.165) is 33.5 Å². The van der Waals surface area contributed by atoms with Crippen LogP contribution in [0.4, 0.5) is 0 Å². The van der Waals surface area contributed by atoms with Gasteiger partial charge in [0.1, 0.15) is 0 Å². The number of H-pyrrole nitrogens is 1. The summed E-state index contributed by atoms with van der Waals surface area (Å²) in [5, 5.41) is 2.52. The van der Waals surface area contributed by atoms with Gasteiger partial charge in [-0.3, -0.25) is 4.79 Å². The number of pyridine rings is 1. The average molecular weight is 268 g/mol. The minimum atomic E-state index is -0.0304. The Labute approximate surface area is 114 Å². The highest BCUT2D eigenvalue weighted by Crippen LogP contribution is 2.38. The molecule has 1 aromatic heterocycles. The standard InChI is InChI=1S/C16H10ClNO/c17-10-5-6-11-9(7-10)8-14-12-3-1-2-4-13(12)16(19)18-15(11)14/h1-7H,8H2,(H,18,19). The molecule has 2 aromatic carbocycles. The Kier molecular flexibility index (Phi) is 2.12. The fraction of sp³-hybridized carbons (Fsp3) is 0.0625. The van der Waals surface area contributed by atoms with Gasteiger partial charge in [-0.05, 0) is 34.7 Å². The Hall–Kier alpha value is -2.06. The maximum Gasteiger partial charge on any atom is 0.256 e. The van der Waals surface area contributed by atoms with Crippen molar-refractivity contribution in [1.82, 2.24) is 4.98 Å². The molecule has 0 bridgehead atoms. The third-order valence-electron chi connectivity index (χ3n) is 3.74. The van der Waals surface area contributed by atoms with Crippen molar-refractivity contribution in [3.8, 4) is 11.3 Å². The number of halogens is 1. The number of aromatic nitrogens is 1. The molecule has 1 heterocycles. The zero-order valence-electron chi connectivity index (χ0n) is 10.0. The second-order valence-electron chi connectivity index (χ2n) is 4.83. The fourth-order valence-electron chi connectivity index (χ4n) is 2.89. The quantitative estimate of drug-likeness (QED) is 0.517. The Morgan fingerprint density at radius 1 is 1.05 bits per heavy atom. The Balaban J connectivity index is 2.13. The van der Waals surface area contributed by atoms with E-state index in [4.69, 9.17) is 11.6 Å². The van der Waals surface area contributed by atoms with E-state index in [1.165, 1.54) is 11.1 Å². The number of rotatable bonds is 0. The summed E-state index contributed by atoms with van der Waals surface area (Å²) in [7, 11) is 0. The summed E-state index contributed by atoms with van der Waals surface area (Å²) in [6.07, 6.45) is 0.822. The molecule has 0 aliphatic heterocycles. The molecule has 2 nitrogen and oxygen atoms in total. The lowest BCUT2D eigenvalue weighted by atomic mass is 10.0. The fourth-order valence-corrected chi connectivity index (χ4v) is 3.09. The van der Waals surface area contributed by atoms with Crippen molar-refractivity contribution in [3.05, 3.63) is 69.0 Å². The van der Waals surface area contributed by atoms with E-state index < -0.39 is 0 Å². The molecule has 1 aliphatic carbocycles. The molecule has 3 heteroatoms. The van der Waals surface area contributed by atoms with Crippen LogP contribution in [-0.4, -0.2) is 4.98 Å². The van der Waals surface area contributed by atoms with Crippen LogP contribution in [0.5, 0.6) is 0 Å². The zero-order valence-corrected chi connectivity index (χ0v) is 10.8. The van der Waals surface area contributed by atoms with Crippen LogP contribution < -0.4 is 5.56 Å². The molecule has 0 fully saturated rings. The maximum atomic E-state index is 12.1. The van der Waals surface area contributed by atoms with Gasteiger partial charge in [-0.15, -0.1) is 0 Å². The van der Waals surface area contributed by atoms with Gasteiger partial charge in [0.25, 0.3) is 5.56 Å². The van der Waals surface area contributed by atoms with Crippen LogP contribution in [0.2, 0.25) is 5.02 Å². The smallest absolute Gasteiger partial charge is 0.256 e. The van der Waals surface area contributed by atoms with Gasteiger partial charge in [0.15, 0.2) is 0 Å². The SMILES string of the molecule is O=c1[nH]c2c(c3ccccc13)Cc1cc(Cl)ccc1-2. The second kappa shape index (κ2) is 3.72. The van der Waals surface area contributed by atoms with E-state index in [1.807, 2.05) is 42.5 Å². The van der Waals surface area contributed by atoms with Gasteiger partial charge in [-0.2, -0.15) is 0 Å². The van der Waals surface area contributed by atoms with Crippen molar-refractivity contribution in [1.29, 1.82) is 0 Å². The van der Waals surface area contributed by atoms with Gasteiger partial charge < -0.3 is 4.98 Å². The molecule has 19 heavy (non-hydrogen) atoms. The third kappa shape index (κ3) is 1.47. The van der Waals surface area contributed by atoms with E-state index >= 15 is 0 Å². The summed E-state index contributed by atoms with van der Waals surface area (Å²) < 4.78 is 0. The van der Waals surface area contributed by atoms with Gasteiger partial charge in [-0.25, -0.2) is 0 Å². The first-order chi connectivity index (χ1) is 9.24. The van der Waals surface area contributed by atoms with Gasteiger partial charge >= 0.3 is 0 Å². The molecule has 0 saturated heterocycles. The summed E-state index contributed by atoms with van der Waals surface area (Å²) in [5.41, 5.74) is 4.36. The summed E-state index contributed by atoms with van der Waals surface area (Å²) in [6.45, 7) is 0. The Bertz CT molecular complexity index is 880. The van der Waals surface area contributed by atoms with E-state index in [0.29, 0.717) is 0 Å². The first-order valence-electron chi connectivity index (χ1n) is 6.17. The van der Waals surface area contributed by atoms with Crippen LogP contribution in [0.3, 0.4) is 0 Å². The van der Waals surface area contributed by atoms with Crippen LogP contribution in [-0.2, 0) is 6.42 Å². The number of aromatic amines is 1. The summed E-state index contributed by atoms with van der Waals surface area (Å²) >= 11 is 6.04. The molecule has 0 saturated carbocycles. The van der Waals surface area contributed by atoms with E-state index in [-0.39, 0.29) is 5.56 Å². The van der Waals surface area contributed by atoms with Crippen molar-refractivity contribution >= 4 is 22.4 Å². The number of fused-ring (bicyclic) bond motifs is 5. The van der Waals surface area contributed by atoms with Crippen LogP contribution in [0.1, 0.15) is 11.1 Å². The first-order valence-corrected chi connectivity index (χ1v) is 6.54. The van der Waals surface area contributed by atoms with Crippen molar-refractivity contribution in [2.24, 2.45) is 0 Å². The lowest BCUT2D eigenvalue weighted by molar-refractivity contribution is 1.23. The Morgan fingerprint density at radius 2 is 1.84 bits per heavy atom. The van der Waals surface area contributed by atoms with Crippen LogP contribution in [0.15, 0.2) is 47.3 Å². The Morgan fingerprint density at radius 3 is 2.68 bits per heavy atom. The number of hydrogen-bond acceptors (Lipinski definition) is 1. The molecule has 0 atom stereocenters. The average Bonchev–Trinajstić information content (AvgIpc) is 2.77. The summed E-state index contributed by atoms with van der Waals surface area (Å²) in [6, 6.07) is 13.6. The van der Waals surface area contributed by atoms with E-state index in [1.54, 1.807) is 0 Å². The van der Waals surface area contributed by atoms with Gasteiger partial charge in [0, 0.05) is 22.4 Å². The monoisotopic (exact) mass is 267 g/mol. The molecular formula is C16H10ClNO. The predicted molar refractivity (Wildman–Crippen MR) is 77.8 cm³/mol. The minimum absolute atomic E-state index is 0.0304. The normalized spacial score (nSPS) is 12.5. The van der Waals surface area contributed by atoms with Crippen LogP contribution in [0.25, 0.3) is 22.0 Å². The van der Waals surface area contributed by atoms with Gasteiger partial charge in [0.2, 0.25) is 0 Å². The number of benzene rings is 2. The highest BCUT2D eigenvalue weighted by atomic mass is 35.5. The summed E-state index contributed by atoms with van der Waals surface area (Å²) in [4.78, 5) is 15.1. The van der Waals surface area contributed by atoms with Crippen molar-refractivity contribution in [3.63, 3.8) is 0 Å². The van der Waals surface area contributed by atoms with Crippen LogP contribution >= 0.6 is 11.6 Å². The molecule has 1 N–H and O–H groups in total. The topological polar surface area (TPSA) is 32.9 Å². The molecule has 0 radical (unpaired) electrons. The minimum Gasteiger partial charge on any atom is -0.321 e. The lowest BCUT2D eigenvalue weighted by Crippen LogP contribution is -2.08. The first kappa shape index (κ1) is 10.8. The van der Waals surface area contributed by atoms with Crippen LogP contribution in [0, 0.1) is 0 Å². The largest absolute Gasteiger partial charge is 0.321 e. The number of nitrogens with one attached hydrogen (secondary N) is 1. The van der Waals surface area contributed by atoms with E-state index in [9.17, 15) is 4.79 Å². The van der Waals surface area contributed by atoms with Crippen molar-refractivity contribution in [2.75, 3.05) is 0 Å². The molecule has 0 amide bonds. The lowest BCUT2D eigenvalue weighted by Gasteiger charge is -2.04. The van der Waals surface area contributed by atoms with Gasteiger partial charge in [-0.1, -0.05) is 35.9 Å². The highest BCUT2D eigenvalue weighted by Gasteiger charge is 2.22. The molecule has 0 unspecified atom stereocenters. The molecule has 3 aromatic rings. The zero-order chi connectivity index (χ0) is 13.0. The maximum absolute atomic E-state index is 12.1. The molecular weight excluding hydrogens is 258 g/mol. The second-order valence-corrected chi connectivity index (χ2v) is 5.27. The molecule has 4 rings (SSSR count). The molecule has 1 aliphatic rings. The van der Waals surface area contributed by atoms with E-state index in [2.05, 4.69) is 4.98 Å². The highest BCUT2D eigenvalue weighted by molar-refractivity contribution is 6.30.